The van der Waals surface area contributed by atoms with Crippen LogP contribution in [-0.4, -0.2) is 28.0 Å². The molecule has 6 heteroatoms. The third-order valence-corrected chi connectivity index (χ3v) is 7.58. The van der Waals surface area contributed by atoms with E-state index >= 15 is 0 Å². The maximum Gasteiger partial charge on any atom is 0.276 e. The largest absolute Gasteiger partial charge is 0.463 e. The Balaban J connectivity index is 1.56. The molecular formula is C27H33N3O3. The first kappa shape index (κ1) is 21.8. The summed E-state index contributed by atoms with van der Waals surface area (Å²) in [6.45, 7) is 6.36. The van der Waals surface area contributed by atoms with Gasteiger partial charge in [-0.25, -0.2) is 0 Å². The lowest BCUT2D eigenvalue weighted by molar-refractivity contribution is -0.127. The SMILES string of the molecule is Cc1ccc(N2C(=O)c3cc4occc4n3CC2(C)C(=O)NC2CCCCCCC2)cc1C. The molecular weight excluding hydrogens is 414 g/mol. The van der Waals surface area contributed by atoms with Gasteiger partial charge in [0.05, 0.1) is 18.3 Å². The summed E-state index contributed by atoms with van der Waals surface area (Å²) < 4.78 is 7.52. The summed E-state index contributed by atoms with van der Waals surface area (Å²) in [4.78, 5) is 29.5. The van der Waals surface area contributed by atoms with Crippen LogP contribution in [0.2, 0.25) is 0 Å². The Morgan fingerprint density at radius 2 is 1.76 bits per heavy atom. The van der Waals surface area contributed by atoms with Crippen LogP contribution in [0.5, 0.6) is 0 Å². The number of aromatic nitrogens is 1. The first-order valence-electron chi connectivity index (χ1n) is 12.2. The zero-order valence-electron chi connectivity index (χ0n) is 19.8. The number of furan rings is 1. The van der Waals surface area contributed by atoms with Crippen LogP contribution >= 0.6 is 0 Å². The molecule has 0 bridgehead atoms. The van der Waals surface area contributed by atoms with Crippen LogP contribution in [0.15, 0.2) is 41.0 Å². The van der Waals surface area contributed by atoms with Crippen LogP contribution in [0, 0.1) is 13.8 Å². The van der Waals surface area contributed by atoms with Crippen molar-refractivity contribution < 1.29 is 14.0 Å². The van der Waals surface area contributed by atoms with Crippen molar-refractivity contribution in [2.45, 2.75) is 83.8 Å². The predicted octanol–water partition coefficient (Wildman–Crippen LogP) is 5.50. The van der Waals surface area contributed by atoms with Crippen molar-refractivity contribution in [3.63, 3.8) is 0 Å². The average molecular weight is 448 g/mol. The maximum atomic E-state index is 13.9. The number of benzene rings is 1. The number of anilines is 1. The molecule has 3 heterocycles. The van der Waals surface area contributed by atoms with Gasteiger partial charge in [-0.2, -0.15) is 0 Å². The van der Waals surface area contributed by atoms with E-state index in [9.17, 15) is 9.59 Å². The Labute approximate surface area is 194 Å². The second-order valence-corrected chi connectivity index (χ2v) is 9.98. The van der Waals surface area contributed by atoms with Crippen LogP contribution in [0.4, 0.5) is 5.69 Å². The first-order valence-corrected chi connectivity index (χ1v) is 12.2. The van der Waals surface area contributed by atoms with Gasteiger partial charge >= 0.3 is 0 Å². The number of aryl methyl sites for hydroxylation is 2. The minimum Gasteiger partial charge on any atom is -0.463 e. The zero-order valence-corrected chi connectivity index (χ0v) is 19.8. The molecule has 5 rings (SSSR count). The van der Waals surface area contributed by atoms with Crippen molar-refractivity contribution in [3.8, 4) is 0 Å². The van der Waals surface area contributed by atoms with Crippen molar-refractivity contribution in [1.29, 1.82) is 0 Å². The van der Waals surface area contributed by atoms with Gasteiger partial charge in [0.2, 0.25) is 5.91 Å². The van der Waals surface area contributed by atoms with Crippen LogP contribution in [-0.2, 0) is 11.3 Å². The molecule has 1 fully saturated rings. The number of nitrogens with zero attached hydrogens (tertiary/aromatic N) is 2. The lowest BCUT2D eigenvalue weighted by atomic mass is 9.91. The third kappa shape index (κ3) is 3.75. The summed E-state index contributed by atoms with van der Waals surface area (Å²) in [7, 11) is 0. The van der Waals surface area contributed by atoms with Crippen LogP contribution in [0.25, 0.3) is 11.1 Å². The maximum absolute atomic E-state index is 13.9. The normalized spacial score (nSPS) is 22.2. The summed E-state index contributed by atoms with van der Waals surface area (Å²) in [5.74, 6) is -0.262. The van der Waals surface area contributed by atoms with E-state index in [4.69, 9.17) is 4.42 Å². The average Bonchev–Trinajstić information content (AvgIpc) is 3.35. The minimum absolute atomic E-state index is 0.0874. The van der Waals surface area contributed by atoms with Gasteiger partial charge in [0.15, 0.2) is 5.58 Å². The van der Waals surface area contributed by atoms with Gasteiger partial charge in [0.25, 0.3) is 5.91 Å². The number of nitrogens with one attached hydrogen (secondary N) is 1. The van der Waals surface area contributed by atoms with Crippen LogP contribution in [0.3, 0.4) is 0 Å². The fraction of sp³-hybridized carbons (Fsp3) is 0.481. The first-order chi connectivity index (χ1) is 15.9. The van der Waals surface area contributed by atoms with Gasteiger partial charge in [-0.1, -0.05) is 38.2 Å². The predicted molar refractivity (Wildman–Crippen MR) is 130 cm³/mol. The Kier molecular flexibility index (Phi) is 5.55. The Bertz CT molecular complexity index is 1200. The van der Waals surface area contributed by atoms with E-state index in [2.05, 4.69) is 12.2 Å². The van der Waals surface area contributed by atoms with Gasteiger partial charge in [0.1, 0.15) is 11.2 Å². The summed E-state index contributed by atoms with van der Waals surface area (Å²) in [5, 5.41) is 3.34. The number of amides is 2. The van der Waals surface area contributed by atoms with E-state index in [0.717, 1.165) is 48.0 Å². The van der Waals surface area contributed by atoms with E-state index in [1.54, 1.807) is 17.2 Å². The molecule has 33 heavy (non-hydrogen) atoms. The highest BCUT2D eigenvalue weighted by atomic mass is 16.3. The molecule has 0 saturated heterocycles. The number of carbonyl (C=O) groups is 2. The minimum atomic E-state index is -1.06. The van der Waals surface area contributed by atoms with Crippen molar-refractivity contribution in [3.05, 3.63) is 53.4 Å². The van der Waals surface area contributed by atoms with Gasteiger partial charge in [-0.15, -0.1) is 0 Å². The second-order valence-electron chi connectivity index (χ2n) is 9.98. The molecule has 3 aromatic rings. The number of rotatable bonds is 3. The topological polar surface area (TPSA) is 67.5 Å². The summed E-state index contributed by atoms with van der Waals surface area (Å²) in [6.07, 6.45) is 9.64. The molecule has 0 radical (unpaired) electrons. The van der Waals surface area contributed by atoms with Crippen molar-refractivity contribution in [2.24, 2.45) is 0 Å². The fourth-order valence-corrected chi connectivity index (χ4v) is 5.42. The molecule has 174 valence electrons. The van der Waals surface area contributed by atoms with Crippen LogP contribution < -0.4 is 10.2 Å². The number of carbonyl (C=O) groups excluding carboxylic acids is 2. The lowest BCUT2D eigenvalue weighted by Gasteiger charge is -2.44. The van der Waals surface area contributed by atoms with E-state index in [0.29, 0.717) is 17.8 Å². The molecule has 2 amide bonds. The van der Waals surface area contributed by atoms with Gasteiger partial charge in [-0.05, 0) is 56.9 Å². The number of hydrogen-bond acceptors (Lipinski definition) is 3. The quantitative estimate of drug-likeness (QED) is 0.576. The molecule has 0 spiro atoms. The molecule has 2 aliphatic rings. The highest BCUT2D eigenvalue weighted by Crippen LogP contribution is 2.37. The second kappa shape index (κ2) is 8.40. The highest BCUT2D eigenvalue weighted by Gasteiger charge is 2.49. The molecule has 1 aliphatic carbocycles. The third-order valence-electron chi connectivity index (χ3n) is 7.58. The Morgan fingerprint density at radius 3 is 2.48 bits per heavy atom. The van der Waals surface area contributed by atoms with E-state index in [-0.39, 0.29) is 17.9 Å². The standard InChI is InChI=1S/C27H33N3O3/c1-18-11-12-21(15-19(18)2)30-25(31)23-16-24-22(13-14-33-24)29(23)17-27(30,3)26(32)28-20-9-7-5-4-6-8-10-20/h11-16,20H,4-10,17H2,1-3H3,(H,28,32). The summed E-state index contributed by atoms with van der Waals surface area (Å²) >= 11 is 0. The lowest BCUT2D eigenvalue weighted by Crippen LogP contribution is -2.65. The number of fused-ring (bicyclic) bond motifs is 3. The summed E-state index contributed by atoms with van der Waals surface area (Å²) in [5.41, 5.74) is 4.02. The zero-order chi connectivity index (χ0) is 23.2. The fourth-order valence-electron chi connectivity index (χ4n) is 5.42. The summed E-state index contributed by atoms with van der Waals surface area (Å²) in [6, 6.07) is 9.79. The Morgan fingerprint density at radius 1 is 1.03 bits per heavy atom. The highest BCUT2D eigenvalue weighted by molar-refractivity contribution is 6.13. The van der Waals surface area contributed by atoms with Gasteiger partial charge in [-0.3, -0.25) is 14.5 Å². The molecule has 1 aliphatic heterocycles. The van der Waals surface area contributed by atoms with Gasteiger partial charge in [0, 0.05) is 23.9 Å². The molecule has 1 aromatic carbocycles. The van der Waals surface area contributed by atoms with Crippen molar-refractivity contribution in [2.75, 3.05) is 4.90 Å². The van der Waals surface area contributed by atoms with E-state index < -0.39 is 5.54 Å². The van der Waals surface area contributed by atoms with E-state index in [1.807, 2.05) is 42.7 Å². The molecule has 1 unspecified atom stereocenters. The Hall–Kier alpha value is -3.02. The van der Waals surface area contributed by atoms with E-state index in [1.165, 1.54) is 19.3 Å². The molecule has 1 N–H and O–H groups in total. The van der Waals surface area contributed by atoms with Crippen LogP contribution in [0.1, 0.15) is 73.5 Å². The molecule has 2 aromatic heterocycles. The molecule has 1 atom stereocenters. The molecule has 6 nitrogen and oxygen atoms in total. The van der Waals surface area contributed by atoms with Crippen molar-refractivity contribution in [1.82, 2.24) is 9.88 Å². The van der Waals surface area contributed by atoms with Crippen molar-refractivity contribution >= 4 is 28.6 Å². The number of hydrogen-bond donors (Lipinski definition) is 1. The van der Waals surface area contributed by atoms with Gasteiger partial charge < -0.3 is 14.3 Å². The monoisotopic (exact) mass is 447 g/mol. The smallest absolute Gasteiger partial charge is 0.276 e. The molecule has 1 saturated carbocycles.